The van der Waals surface area contributed by atoms with E-state index in [1.807, 2.05) is 18.2 Å². The molecule has 0 aliphatic heterocycles. The summed E-state index contributed by atoms with van der Waals surface area (Å²) in [5.74, 6) is 1.04. The molecule has 0 bridgehead atoms. The van der Waals surface area contributed by atoms with E-state index in [4.69, 9.17) is 27.9 Å². The van der Waals surface area contributed by atoms with Crippen LogP contribution < -0.4 is 21.3 Å². The maximum absolute atomic E-state index is 12.0. The number of halogens is 2. The second kappa shape index (κ2) is 10.2. The number of benzene rings is 3. The molecule has 10 heteroatoms. The summed E-state index contributed by atoms with van der Waals surface area (Å²) >= 11 is 12.8. The van der Waals surface area contributed by atoms with Crippen LogP contribution in [0.2, 0.25) is 10.0 Å². The highest BCUT2D eigenvalue weighted by atomic mass is 35.5. The summed E-state index contributed by atoms with van der Waals surface area (Å²) in [6, 6.07) is 15.7. The van der Waals surface area contributed by atoms with Crippen LogP contribution in [0.25, 0.3) is 5.69 Å². The number of hydrogen-bond donors (Lipinski definition) is 3. The summed E-state index contributed by atoms with van der Waals surface area (Å²) in [5.41, 5.74) is 1.69. The van der Waals surface area contributed by atoms with Crippen molar-refractivity contribution in [1.82, 2.24) is 14.8 Å². The lowest BCUT2D eigenvalue weighted by molar-refractivity contribution is 0.459. The second-order valence-corrected chi connectivity index (χ2v) is 8.89. The predicted octanol–water partition coefficient (Wildman–Crippen LogP) is 5.46. The molecule has 1 heterocycles. The van der Waals surface area contributed by atoms with Crippen LogP contribution >= 0.6 is 23.2 Å². The molecule has 0 saturated carbocycles. The summed E-state index contributed by atoms with van der Waals surface area (Å²) in [6.45, 7) is 4.61. The Bertz CT molecular complexity index is 1470. The predicted molar refractivity (Wildman–Crippen MR) is 137 cm³/mol. The van der Waals surface area contributed by atoms with Gasteiger partial charge in [-0.2, -0.15) is 9.78 Å². The molecule has 8 nitrogen and oxygen atoms in total. The third kappa shape index (κ3) is 5.50. The number of H-pyrrole nitrogens is 1. The first-order valence-electron chi connectivity index (χ1n) is 10.7. The first-order chi connectivity index (χ1) is 16.7. The van der Waals surface area contributed by atoms with Crippen molar-refractivity contribution in [3.05, 3.63) is 103 Å². The van der Waals surface area contributed by atoms with Gasteiger partial charge in [-0.3, -0.25) is 9.78 Å². The number of nitrogens with one attached hydrogen (secondary N) is 2. The maximum atomic E-state index is 12.0. The van der Waals surface area contributed by atoms with Crippen molar-refractivity contribution >= 4 is 28.9 Å². The first kappa shape index (κ1) is 24.4. The average molecular weight is 513 g/mol. The quantitative estimate of drug-likeness (QED) is 0.303. The molecule has 3 N–H and O–H groups in total. The Balaban J connectivity index is 1.58. The van der Waals surface area contributed by atoms with Gasteiger partial charge < -0.3 is 15.2 Å². The molecule has 4 aromatic rings. The number of aromatic amines is 1. The number of aromatic hydroxyl groups is 1. The highest BCUT2D eigenvalue weighted by Crippen LogP contribution is 2.39. The van der Waals surface area contributed by atoms with Gasteiger partial charge in [-0.05, 0) is 47.9 Å². The zero-order valence-corrected chi connectivity index (χ0v) is 20.4. The number of rotatable bonds is 7. The molecule has 0 spiro atoms. The maximum Gasteiger partial charge on any atom is 0.349 e. The number of ether oxygens (including phenoxy) is 1. The Morgan fingerprint density at radius 3 is 2.49 bits per heavy atom. The number of phenols is 1. The molecule has 0 aliphatic rings. The second-order valence-electron chi connectivity index (χ2n) is 8.08. The Kier molecular flexibility index (Phi) is 7.14. The molecule has 4 rings (SSSR count). The van der Waals surface area contributed by atoms with Crippen molar-refractivity contribution in [2.24, 2.45) is 0 Å². The van der Waals surface area contributed by atoms with Gasteiger partial charge in [-0.15, -0.1) is 0 Å². The zero-order chi connectivity index (χ0) is 25.1. The van der Waals surface area contributed by atoms with Gasteiger partial charge in [0.15, 0.2) is 5.75 Å². The lowest BCUT2D eigenvalue weighted by Gasteiger charge is -2.16. The number of anilines is 1. The van der Waals surface area contributed by atoms with Crippen LogP contribution in [0, 0.1) is 0 Å². The number of hydrogen-bond acceptors (Lipinski definition) is 6. The minimum absolute atomic E-state index is 0.114. The molecule has 35 heavy (non-hydrogen) atoms. The van der Waals surface area contributed by atoms with Crippen molar-refractivity contribution in [3.8, 4) is 22.9 Å². The van der Waals surface area contributed by atoms with E-state index in [1.165, 1.54) is 23.8 Å². The van der Waals surface area contributed by atoms with Gasteiger partial charge in [0.25, 0.3) is 5.56 Å². The molecule has 0 radical (unpaired) electrons. The van der Waals surface area contributed by atoms with Crippen LogP contribution in [0.3, 0.4) is 0 Å². The van der Waals surface area contributed by atoms with Crippen molar-refractivity contribution in [3.63, 3.8) is 0 Å². The van der Waals surface area contributed by atoms with Gasteiger partial charge >= 0.3 is 5.69 Å². The number of phenolic OH excluding ortho intramolecular Hbond substituents is 1. The number of aromatic nitrogens is 3. The molecule has 1 aromatic heterocycles. The van der Waals surface area contributed by atoms with E-state index in [1.54, 1.807) is 12.1 Å². The molecule has 0 aliphatic carbocycles. The van der Waals surface area contributed by atoms with E-state index in [0.717, 1.165) is 16.6 Å². The highest BCUT2D eigenvalue weighted by molar-refractivity contribution is 6.37. The van der Waals surface area contributed by atoms with Crippen LogP contribution in [0.4, 0.5) is 5.69 Å². The Morgan fingerprint density at radius 1 is 1.09 bits per heavy atom. The minimum Gasteiger partial charge on any atom is -0.508 e. The minimum atomic E-state index is -0.729. The van der Waals surface area contributed by atoms with Crippen LogP contribution in [-0.4, -0.2) is 19.9 Å². The fourth-order valence-electron chi connectivity index (χ4n) is 3.54. The molecule has 0 saturated heterocycles. The van der Waals surface area contributed by atoms with E-state index >= 15 is 0 Å². The molecule has 0 fully saturated rings. The number of para-hydroxylation sites is 1. The standard InChI is InChI=1S/C25H22Cl2N4O4/c1-14(2)18-5-3-4-6-21(18)28-12-15-9-17(7-8-22(15)32)35-24-19(26)10-16(11-20(24)27)31-25(34)30-23(33)13-29-31/h3-11,13-14,28,32H,12H2,1-2H3,(H,30,33,34). The van der Waals surface area contributed by atoms with Crippen LogP contribution in [0.15, 0.2) is 70.4 Å². The average Bonchev–Trinajstić information content (AvgIpc) is 2.81. The van der Waals surface area contributed by atoms with Crippen LogP contribution in [-0.2, 0) is 6.54 Å². The van der Waals surface area contributed by atoms with Crippen LogP contribution in [0.5, 0.6) is 17.2 Å². The topological polar surface area (TPSA) is 109 Å². The Morgan fingerprint density at radius 2 is 1.80 bits per heavy atom. The molecule has 0 amide bonds. The van der Waals surface area contributed by atoms with Crippen molar-refractivity contribution in [2.75, 3.05) is 5.32 Å². The van der Waals surface area contributed by atoms with Gasteiger partial charge in [-0.25, -0.2) is 4.79 Å². The normalized spacial score (nSPS) is 11.0. The highest BCUT2D eigenvalue weighted by Gasteiger charge is 2.15. The third-order valence-corrected chi connectivity index (χ3v) is 5.83. The fraction of sp³-hybridized carbons (Fsp3) is 0.160. The van der Waals surface area contributed by atoms with E-state index in [2.05, 4.69) is 35.3 Å². The van der Waals surface area contributed by atoms with E-state index in [-0.39, 0.29) is 27.2 Å². The monoisotopic (exact) mass is 512 g/mol. The van der Waals surface area contributed by atoms with Crippen molar-refractivity contribution < 1.29 is 9.84 Å². The summed E-state index contributed by atoms with van der Waals surface area (Å²) in [7, 11) is 0. The summed E-state index contributed by atoms with van der Waals surface area (Å²) < 4.78 is 6.88. The van der Waals surface area contributed by atoms with Gasteiger partial charge in [-0.1, -0.05) is 55.2 Å². The molecule has 0 unspecified atom stereocenters. The van der Waals surface area contributed by atoms with Gasteiger partial charge in [0, 0.05) is 17.8 Å². The SMILES string of the molecule is CC(C)c1ccccc1NCc1cc(Oc2c(Cl)cc(-n3ncc(=O)[nH]c3=O)cc2Cl)ccc1O. The third-order valence-electron chi connectivity index (χ3n) is 5.26. The molecule has 180 valence electrons. The van der Waals surface area contributed by atoms with E-state index < -0.39 is 11.2 Å². The van der Waals surface area contributed by atoms with E-state index in [9.17, 15) is 14.7 Å². The molecule has 3 aromatic carbocycles. The first-order valence-corrected chi connectivity index (χ1v) is 11.5. The Labute approximate surface area is 210 Å². The zero-order valence-electron chi connectivity index (χ0n) is 18.9. The lowest BCUT2D eigenvalue weighted by atomic mass is 10.0. The summed E-state index contributed by atoms with van der Waals surface area (Å²) in [4.78, 5) is 25.4. The van der Waals surface area contributed by atoms with Crippen molar-refractivity contribution in [2.45, 2.75) is 26.3 Å². The van der Waals surface area contributed by atoms with E-state index in [0.29, 0.717) is 23.8 Å². The fourth-order valence-corrected chi connectivity index (χ4v) is 4.09. The largest absolute Gasteiger partial charge is 0.508 e. The lowest BCUT2D eigenvalue weighted by Crippen LogP contribution is -2.30. The Hall–Kier alpha value is -3.75. The van der Waals surface area contributed by atoms with Crippen molar-refractivity contribution in [1.29, 1.82) is 0 Å². The van der Waals surface area contributed by atoms with Gasteiger partial charge in [0.05, 0.1) is 15.7 Å². The molecular weight excluding hydrogens is 491 g/mol. The van der Waals surface area contributed by atoms with Gasteiger partial charge in [0.1, 0.15) is 17.7 Å². The summed E-state index contributed by atoms with van der Waals surface area (Å²) in [6.07, 6.45) is 0.971. The molecular formula is C25H22Cl2N4O4. The van der Waals surface area contributed by atoms with Gasteiger partial charge in [0.2, 0.25) is 0 Å². The smallest absolute Gasteiger partial charge is 0.349 e. The van der Waals surface area contributed by atoms with Crippen LogP contribution in [0.1, 0.15) is 30.9 Å². The number of nitrogens with zero attached hydrogens (tertiary/aromatic N) is 2. The summed E-state index contributed by atoms with van der Waals surface area (Å²) in [5, 5.41) is 17.8. The molecule has 0 atom stereocenters.